The maximum absolute atomic E-state index is 5.91. The van der Waals surface area contributed by atoms with Gasteiger partial charge in [0, 0.05) is 15.6 Å². The Hall–Kier alpha value is -2.04. The number of halogens is 2. The van der Waals surface area contributed by atoms with Gasteiger partial charge in [0.15, 0.2) is 6.61 Å². The molecule has 0 aliphatic carbocycles. The number of rotatable bonds is 4. The lowest BCUT2D eigenvalue weighted by molar-refractivity contribution is 0.242. The van der Waals surface area contributed by atoms with Crippen LogP contribution in [0.4, 0.5) is 0 Å². The number of aryl methyl sites for hydroxylation is 1. The van der Waals surface area contributed by atoms with Crippen LogP contribution in [0.15, 0.2) is 47.0 Å². The third kappa shape index (κ3) is 3.40. The SMILES string of the molecule is Cc1cc(Cl)ccc1OCc1nc(-c2ccc(Cl)cc2)no1. The molecule has 2 aromatic carbocycles. The van der Waals surface area contributed by atoms with Gasteiger partial charge >= 0.3 is 0 Å². The molecule has 0 saturated heterocycles. The van der Waals surface area contributed by atoms with Crippen LogP contribution >= 0.6 is 23.2 Å². The van der Waals surface area contributed by atoms with E-state index < -0.39 is 0 Å². The summed E-state index contributed by atoms with van der Waals surface area (Å²) in [7, 11) is 0. The summed E-state index contributed by atoms with van der Waals surface area (Å²) in [4.78, 5) is 4.30. The van der Waals surface area contributed by atoms with Crippen molar-refractivity contribution in [1.82, 2.24) is 10.1 Å². The average molecular weight is 335 g/mol. The van der Waals surface area contributed by atoms with Crippen LogP contribution in [0.3, 0.4) is 0 Å². The predicted molar refractivity (Wildman–Crippen MR) is 85.3 cm³/mol. The second-order valence-corrected chi connectivity index (χ2v) is 5.59. The fraction of sp³-hybridized carbons (Fsp3) is 0.125. The molecular formula is C16H12Cl2N2O2. The molecule has 0 bridgehead atoms. The van der Waals surface area contributed by atoms with Gasteiger partial charge in [-0.25, -0.2) is 0 Å². The summed E-state index contributed by atoms with van der Waals surface area (Å²) in [6.45, 7) is 2.12. The predicted octanol–water partition coefficient (Wildman–Crippen LogP) is 4.93. The first-order valence-corrected chi connectivity index (χ1v) is 7.35. The molecule has 0 fully saturated rings. The standard InChI is InChI=1S/C16H12Cl2N2O2/c1-10-8-13(18)6-7-14(10)21-9-15-19-16(20-22-15)11-2-4-12(17)5-3-11/h2-8H,9H2,1H3. The summed E-state index contributed by atoms with van der Waals surface area (Å²) in [5, 5.41) is 5.27. The van der Waals surface area contributed by atoms with Crippen molar-refractivity contribution < 1.29 is 9.26 Å². The van der Waals surface area contributed by atoms with Crippen LogP contribution in [0.1, 0.15) is 11.5 Å². The molecule has 22 heavy (non-hydrogen) atoms. The summed E-state index contributed by atoms with van der Waals surface area (Å²) in [6, 6.07) is 12.7. The van der Waals surface area contributed by atoms with E-state index in [1.807, 2.05) is 31.2 Å². The molecule has 0 amide bonds. The molecule has 0 aliphatic rings. The number of hydrogen-bond acceptors (Lipinski definition) is 4. The molecular weight excluding hydrogens is 323 g/mol. The van der Waals surface area contributed by atoms with Crippen molar-refractivity contribution in [3.63, 3.8) is 0 Å². The van der Waals surface area contributed by atoms with Gasteiger partial charge in [-0.2, -0.15) is 4.98 Å². The van der Waals surface area contributed by atoms with Crippen molar-refractivity contribution in [2.24, 2.45) is 0 Å². The number of nitrogens with zero attached hydrogens (tertiary/aromatic N) is 2. The lowest BCUT2D eigenvalue weighted by atomic mass is 10.2. The van der Waals surface area contributed by atoms with E-state index in [2.05, 4.69) is 10.1 Å². The summed E-state index contributed by atoms with van der Waals surface area (Å²) in [6.07, 6.45) is 0. The minimum atomic E-state index is 0.197. The minimum absolute atomic E-state index is 0.197. The van der Waals surface area contributed by atoms with Crippen LogP contribution < -0.4 is 4.74 Å². The number of aromatic nitrogens is 2. The summed E-state index contributed by atoms with van der Waals surface area (Å²) < 4.78 is 10.9. The smallest absolute Gasteiger partial charge is 0.264 e. The van der Waals surface area contributed by atoms with E-state index in [9.17, 15) is 0 Å². The molecule has 0 spiro atoms. The molecule has 6 heteroatoms. The van der Waals surface area contributed by atoms with Crippen molar-refractivity contribution >= 4 is 23.2 Å². The summed E-state index contributed by atoms with van der Waals surface area (Å²) in [5.74, 6) is 1.64. The highest BCUT2D eigenvalue weighted by atomic mass is 35.5. The highest BCUT2D eigenvalue weighted by molar-refractivity contribution is 6.30. The molecule has 1 heterocycles. The number of ether oxygens (including phenoxy) is 1. The molecule has 3 aromatic rings. The average Bonchev–Trinajstić information content (AvgIpc) is 2.96. The Bertz CT molecular complexity index is 785. The second kappa shape index (κ2) is 6.38. The van der Waals surface area contributed by atoms with Crippen LogP contribution in [-0.2, 0) is 6.61 Å². The zero-order valence-electron chi connectivity index (χ0n) is 11.7. The fourth-order valence-corrected chi connectivity index (χ4v) is 2.30. The van der Waals surface area contributed by atoms with Crippen LogP contribution in [0.25, 0.3) is 11.4 Å². The Morgan fingerprint density at radius 1 is 1.05 bits per heavy atom. The lowest BCUT2D eigenvalue weighted by Crippen LogP contribution is -1.97. The largest absolute Gasteiger partial charge is 0.483 e. The molecule has 0 aliphatic heterocycles. The van der Waals surface area contributed by atoms with Gasteiger partial charge < -0.3 is 9.26 Å². The van der Waals surface area contributed by atoms with Gasteiger partial charge in [0.1, 0.15) is 5.75 Å². The molecule has 0 N–H and O–H groups in total. The van der Waals surface area contributed by atoms with Crippen molar-refractivity contribution in [2.75, 3.05) is 0 Å². The van der Waals surface area contributed by atoms with Gasteiger partial charge in [0.05, 0.1) is 0 Å². The van der Waals surface area contributed by atoms with E-state index in [0.29, 0.717) is 21.8 Å². The van der Waals surface area contributed by atoms with Crippen molar-refractivity contribution in [2.45, 2.75) is 13.5 Å². The van der Waals surface area contributed by atoms with E-state index in [0.717, 1.165) is 16.9 Å². The summed E-state index contributed by atoms with van der Waals surface area (Å²) >= 11 is 11.8. The lowest BCUT2D eigenvalue weighted by Gasteiger charge is -2.06. The molecule has 0 saturated carbocycles. The van der Waals surface area contributed by atoms with Gasteiger partial charge in [0.2, 0.25) is 5.82 Å². The third-order valence-corrected chi connectivity index (χ3v) is 3.55. The Labute approximate surface area is 137 Å². The quantitative estimate of drug-likeness (QED) is 0.678. The first-order chi connectivity index (χ1) is 10.6. The molecule has 1 aromatic heterocycles. The molecule has 0 unspecified atom stereocenters. The minimum Gasteiger partial charge on any atom is -0.483 e. The number of benzene rings is 2. The van der Waals surface area contributed by atoms with Gasteiger partial charge in [-0.15, -0.1) is 0 Å². The van der Waals surface area contributed by atoms with Gasteiger partial charge in [-0.3, -0.25) is 0 Å². The monoisotopic (exact) mass is 334 g/mol. The molecule has 4 nitrogen and oxygen atoms in total. The van der Waals surface area contributed by atoms with E-state index in [1.54, 1.807) is 18.2 Å². The highest BCUT2D eigenvalue weighted by Crippen LogP contribution is 2.23. The Morgan fingerprint density at radius 3 is 2.50 bits per heavy atom. The van der Waals surface area contributed by atoms with Gasteiger partial charge in [0.25, 0.3) is 5.89 Å². The van der Waals surface area contributed by atoms with E-state index in [-0.39, 0.29) is 6.61 Å². The van der Waals surface area contributed by atoms with E-state index in [1.165, 1.54) is 0 Å². The Kier molecular flexibility index (Phi) is 4.32. The van der Waals surface area contributed by atoms with E-state index >= 15 is 0 Å². The molecule has 112 valence electrons. The maximum atomic E-state index is 5.91. The number of hydrogen-bond donors (Lipinski definition) is 0. The van der Waals surface area contributed by atoms with Crippen molar-refractivity contribution in [3.8, 4) is 17.1 Å². The zero-order chi connectivity index (χ0) is 15.5. The normalized spacial score (nSPS) is 10.7. The molecule has 0 atom stereocenters. The van der Waals surface area contributed by atoms with Crippen LogP contribution in [0.2, 0.25) is 10.0 Å². The topological polar surface area (TPSA) is 48.2 Å². The Morgan fingerprint density at radius 2 is 1.77 bits per heavy atom. The molecule has 0 radical (unpaired) electrons. The van der Waals surface area contributed by atoms with Gasteiger partial charge in [-0.1, -0.05) is 28.4 Å². The fourth-order valence-electron chi connectivity index (χ4n) is 1.94. The molecule has 3 rings (SSSR count). The van der Waals surface area contributed by atoms with E-state index in [4.69, 9.17) is 32.5 Å². The highest BCUT2D eigenvalue weighted by Gasteiger charge is 2.10. The van der Waals surface area contributed by atoms with Gasteiger partial charge in [-0.05, 0) is 55.0 Å². The third-order valence-electron chi connectivity index (χ3n) is 3.06. The zero-order valence-corrected chi connectivity index (χ0v) is 13.2. The Balaban J connectivity index is 1.70. The maximum Gasteiger partial charge on any atom is 0.264 e. The summed E-state index contributed by atoms with van der Waals surface area (Å²) in [5.41, 5.74) is 1.78. The van der Waals surface area contributed by atoms with Crippen LogP contribution in [0.5, 0.6) is 5.75 Å². The second-order valence-electron chi connectivity index (χ2n) is 4.72. The van der Waals surface area contributed by atoms with Crippen molar-refractivity contribution in [3.05, 3.63) is 64.0 Å². The first-order valence-electron chi connectivity index (χ1n) is 6.59. The van der Waals surface area contributed by atoms with Crippen molar-refractivity contribution in [1.29, 1.82) is 0 Å². The van der Waals surface area contributed by atoms with Crippen LogP contribution in [0, 0.1) is 6.92 Å². The van der Waals surface area contributed by atoms with Crippen LogP contribution in [-0.4, -0.2) is 10.1 Å². The first kappa shape index (κ1) is 14.9.